The van der Waals surface area contributed by atoms with Crippen LogP contribution in [0.4, 0.5) is 5.69 Å². The number of rotatable bonds is 5. The van der Waals surface area contributed by atoms with Crippen LogP contribution in [-0.4, -0.2) is 43.5 Å². The minimum Gasteiger partial charge on any atom is -0.345 e. The highest BCUT2D eigenvalue weighted by molar-refractivity contribution is 9.10. The van der Waals surface area contributed by atoms with E-state index in [1.807, 2.05) is 13.0 Å². The zero-order chi connectivity index (χ0) is 20.5. The van der Waals surface area contributed by atoms with Crippen LogP contribution >= 0.6 is 15.9 Å². The number of amides is 3. The number of anilines is 1. The molecule has 3 rings (SSSR count). The van der Waals surface area contributed by atoms with E-state index >= 15 is 0 Å². The van der Waals surface area contributed by atoms with Crippen molar-refractivity contribution in [2.75, 3.05) is 18.4 Å². The Morgan fingerprint density at radius 2 is 1.82 bits per heavy atom. The first kappa shape index (κ1) is 20.0. The number of carbonyl (C=O) groups is 3. The van der Waals surface area contributed by atoms with Crippen LogP contribution in [0.5, 0.6) is 0 Å². The SMILES string of the molecule is Cc1cc(Br)ccc1NC(=O)CNC(=O)CN1C(=O)c2ccccc2S1(=O)=O. The second-order valence-electron chi connectivity index (χ2n) is 6.10. The molecule has 8 nitrogen and oxygen atoms in total. The van der Waals surface area contributed by atoms with Gasteiger partial charge in [-0.15, -0.1) is 0 Å². The normalized spacial score (nSPS) is 14.5. The maximum atomic E-state index is 12.4. The molecule has 2 N–H and O–H groups in total. The van der Waals surface area contributed by atoms with Gasteiger partial charge in [-0.2, -0.15) is 0 Å². The van der Waals surface area contributed by atoms with Crippen LogP contribution in [0.15, 0.2) is 51.8 Å². The van der Waals surface area contributed by atoms with Crippen molar-refractivity contribution in [1.82, 2.24) is 9.62 Å². The fourth-order valence-corrected chi connectivity index (χ4v) is 4.71. The monoisotopic (exact) mass is 465 g/mol. The number of hydrogen-bond donors (Lipinski definition) is 2. The van der Waals surface area contributed by atoms with Crippen LogP contribution < -0.4 is 10.6 Å². The second-order valence-corrected chi connectivity index (χ2v) is 8.84. The first-order valence-electron chi connectivity index (χ1n) is 8.19. The number of benzene rings is 2. The minimum atomic E-state index is -4.07. The summed E-state index contributed by atoms with van der Waals surface area (Å²) in [4.78, 5) is 36.3. The molecule has 0 radical (unpaired) electrons. The van der Waals surface area contributed by atoms with E-state index in [0.717, 1.165) is 10.0 Å². The van der Waals surface area contributed by atoms with E-state index in [9.17, 15) is 22.8 Å². The first-order chi connectivity index (χ1) is 13.2. The molecule has 0 bridgehead atoms. The van der Waals surface area contributed by atoms with Gasteiger partial charge in [-0.05, 0) is 42.8 Å². The fraction of sp³-hybridized carbons (Fsp3) is 0.167. The Morgan fingerprint density at radius 3 is 2.50 bits per heavy atom. The molecule has 28 heavy (non-hydrogen) atoms. The molecule has 2 aromatic carbocycles. The Morgan fingerprint density at radius 1 is 1.11 bits per heavy atom. The van der Waals surface area contributed by atoms with Crippen molar-refractivity contribution in [3.05, 3.63) is 58.1 Å². The van der Waals surface area contributed by atoms with E-state index in [4.69, 9.17) is 0 Å². The van der Waals surface area contributed by atoms with Gasteiger partial charge in [0.1, 0.15) is 11.4 Å². The number of hydrogen-bond acceptors (Lipinski definition) is 5. The van der Waals surface area contributed by atoms with E-state index in [1.54, 1.807) is 18.2 Å². The van der Waals surface area contributed by atoms with Crippen molar-refractivity contribution in [2.24, 2.45) is 0 Å². The van der Waals surface area contributed by atoms with Gasteiger partial charge in [0.15, 0.2) is 0 Å². The molecular weight excluding hydrogens is 450 g/mol. The summed E-state index contributed by atoms with van der Waals surface area (Å²) < 4.78 is 26.2. The first-order valence-corrected chi connectivity index (χ1v) is 10.4. The summed E-state index contributed by atoms with van der Waals surface area (Å²) in [6.45, 7) is 0.768. The molecule has 0 aliphatic carbocycles. The van der Waals surface area contributed by atoms with E-state index in [1.165, 1.54) is 18.2 Å². The van der Waals surface area contributed by atoms with Crippen molar-refractivity contribution in [3.63, 3.8) is 0 Å². The summed E-state index contributed by atoms with van der Waals surface area (Å²) in [6, 6.07) is 11.1. The van der Waals surface area contributed by atoms with Gasteiger partial charge in [-0.1, -0.05) is 28.1 Å². The molecule has 0 aromatic heterocycles. The number of sulfonamides is 1. The molecule has 0 unspecified atom stereocenters. The Labute approximate surface area is 170 Å². The standard InChI is InChI=1S/C18H16BrN3O5S/c1-11-8-12(19)6-7-14(11)21-16(23)9-20-17(24)10-22-18(25)13-4-2-3-5-15(13)28(22,26)27/h2-8H,9-10H2,1H3,(H,20,24)(H,21,23). The van der Waals surface area contributed by atoms with Gasteiger partial charge in [0, 0.05) is 10.2 Å². The van der Waals surface area contributed by atoms with Gasteiger partial charge in [-0.3, -0.25) is 14.4 Å². The average molecular weight is 466 g/mol. The quantitative estimate of drug-likeness (QED) is 0.696. The van der Waals surface area contributed by atoms with Gasteiger partial charge in [0.25, 0.3) is 15.9 Å². The van der Waals surface area contributed by atoms with Crippen LogP contribution in [0.25, 0.3) is 0 Å². The molecule has 0 saturated heterocycles. The van der Waals surface area contributed by atoms with Crippen LogP contribution in [-0.2, 0) is 19.6 Å². The molecule has 0 saturated carbocycles. The highest BCUT2D eigenvalue weighted by atomic mass is 79.9. The molecule has 2 aromatic rings. The Kier molecular flexibility index (Phi) is 5.52. The molecule has 1 aliphatic heterocycles. The van der Waals surface area contributed by atoms with Crippen LogP contribution in [0.1, 0.15) is 15.9 Å². The molecular formula is C18H16BrN3O5S. The highest BCUT2D eigenvalue weighted by Crippen LogP contribution is 2.29. The summed E-state index contributed by atoms with van der Waals surface area (Å²) in [7, 11) is -4.07. The molecule has 0 spiro atoms. The minimum absolute atomic E-state index is 0.0266. The summed E-state index contributed by atoms with van der Waals surface area (Å²) in [6.07, 6.45) is 0. The fourth-order valence-electron chi connectivity index (χ4n) is 2.71. The maximum Gasteiger partial charge on any atom is 0.269 e. The maximum absolute atomic E-state index is 12.4. The molecule has 1 heterocycles. The van der Waals surface area contributed by atoms with E-state index in [0.29, 0.717) is 9.99 Å². The predicted molar refractivity (Wildman–Crippen MR) is 105 cm³/mol. The Balaban J connectivity index is 1.59. The Bertz CT molecular complexity index is 1080. The molecule has 1 aliphatic rings. The lowest BCUT2D eigenvalue weighted by Crippen LogP contribution is -2.42. The average Bonchev–Trinajstić information content (AvgIpc) is 2.84. The van der Waals surface area contributed by atoms with Crippen molar-refractivity contribution < 1.29 is 22.8 Å². The van der Waals surface area contributed by atoms with Crippen LogP contribution in [0.3, 0.4) is 0 Å². The molecule has 0 fully saturated rings. The second kappa shape index (κ2) is 7.72. The van der Waals surface area contributed by atoms with Crippen LogP contribution in [0.2, 0.25) is 0 Å². The lowest BCUT2D eigenvalue weighted by molar-refractivity contribution is -0.124. The number of nitrogens with one attached hydrogen (secondary N) is 2. The van der Waals surface area contributed by atoms with E-state index < -0.39 is 34.3 Å². The summed E-state index contributed by atoms with van der Waals surface area (Å²) >= 11 is 3.33. The Hall–Kier alpha value is -2.72. The summed E-state index contributed by atoms with van der Waals surface area (Å²) in [5.74, 6) is -1.99. The molecule has 3 amide bonds. The van der Waals surface area contributed by atoms with E-state index in [2.05, 4.69) is 26.6 Å². The predicted octanol–water partition coefficient (Wildman–Crippen LogP) is 1.66. The van der Waals surface area contributed by atoms with Gasteiger partial charge >= 0.3 is 0 Å². The van der Waals surface area contributed by atoms with Gasteiger partial charge in [0.2, 0.25) is 11.8 Å². The smallest absolute Gasteiger partial charge is 0.269 e. The number of halogens is 1. The summed E-state index contributed by atoms with van der Waals surface area (Å²) in [5.41, 5.74) is 1.45. The zero-order valence-electron chi connectivity index (χ0n) is 14.7. The molecule has 146 valence electrons. The van der Waals surface area contributed by atoms with Gasteiger partial charge in [-0.25, -0.2) is 12.7 Å². The largest absolute Gasteiger partial charge is 0.345 e. The summed E-state index contributed by atoms with van der Waals surface area (Å²) in [5, 5.41) is 4.98. The third-order valence-corrected chi connectivity index (χ3v) is 6.39. The van der Waals surface area contributed by atoms with Crippen molar-refractivity contribution in [2.45, 2.75) is 11.8 Å². The number of fused-ring (bicyclic) bond motifs is 1. The number of aryl methyl sites for hydroxylation is 1. The topological polar surface area (TPSA) is 113 Å². The number of carbonyl (C=O) groups excluding carboxylic acids is 3. The van der Waals surface area contributed by atoms with Gasteiger partial charge < -0.3 is 10.6 Å². The highest BCUT2D eigenvalue weighted by Gasteiger charge is 2.41. The van der Waals surface area contributed by atoms with Crippen LogP contribution in [0, 0.1) is 6.92 Å². The lowest BCUT2D eigenvalue weighted by Gasteiger charge is -2.15. The molecule has 10 heteroatoms. The van der Waals surface area contributed by atoms with Crippen molar-refractivity contribution in [3.8, 4) is 0 Å². The van der Waals surface area contributed by atoms with Crippen molar-refractivity contribution >= 4 is 49.4 Å². The number of nitrogens with zero attached hydrogens (tertiary/aromatic N) is 1. The van der Waals surface area contributed by atoms with Crippen molar-refractivity contribution in [1.29, 1.82) is 0 Å². The lowest BCUT2D eigenvalue weighted by atomic mass is 10.2. The zero-order valence-corrected chi connectivity index (χ0v) is 17.1. The third kappa shape index (κ3) is 3.92. The van der Waals surface area contributed by atoms with E-state index in [-0.39, 0.29) is 17.0 Å². The molecule has 0 atom stereocenters. The van der Waals surface area contributed by atoms with Gasteiger partial charge in [0.05, 0.1) is 12.1 Å². The third-order valence-electron chi connectivity index (χ3n) is 4.11.